The van der Waals surface area contributed by atoms with E-state index >= 15 is 0 Å². The van der Waals surface area contributed by atoms with Gasteiger partial charge in [-0.25, -0.2) is 4.39 Å². The number of anilines is 2. The van der Waals surface area contributed by atoms with Crippen molar-refractivity contribution in [3.05, 3.63) is 54.0 Å². The molecule has 1 N–H and O–H groups in total. The van der Waals surface area contributed by atoms with Crippen LogP contribution >= 0.6 is 0 Å². The number of ether oxygens (including phenoxy) is 2. The minimum atomic E-state index is -0.392. The number of carbonyl (C=O) groups is 1. The molecule has 0 radical (unpaired) electrons. The molecule has 0 spiro atoms. The number of likely N-dealkylation sites (tertiary alicyclic amines) is 1. The molecule has 1 aliphatic rings. The van der Waals surface area contributed by atoms with Crippen molar-refractivity contribution in [3.8, 4) is 11.5 Å². The minimum Gasteiger partial charge on any atom is -0.497 e. The number of aromatic nitrogens is 1. The molecule has 2 aromatic carbocycles. The van der Waals surface area contributed by atoms with Crippen LogP contribution in [-0.4, -0.2) is 43.1 Å². The average molecular weight is 409 g/mol. The molecule has 0 bridgehead atoms. The van der Waals surface area contributed by atoms with E-state index in [0.29, 0.717) is 52.4 Å². The summed E-state index contributed by atoms with van der Waals surface area (Å²) in [5.74, 6) is 0.694. The third-order valence-corrected chi connectivity index (χ3v) is 5.37. The van der Waals surface area contributed by atoms with Crippen LogP contribution in [0.3, 0.4) is 0 Å². The van der Waals surface area contributed by atoms with Crippen molar-refractivity contribution in [3.63, 3.8) is 0 Å². The van der Waals surface area contributed by atoms with Gasteiger partial charge in [0.1, 0.15) is 17.3 Å². The lowest BCUT2D eigenvalue weighted by atomic mass is 10.1. The van der Waals surface area contributed by atoms with Crippen LogP contribution < -0.4 is 14.8 Å². The van der Waals surface area contributed by atoms with E-state index < -0.39 is 5.82 Å². The highest BCUT2D eigenvalue weighted by molar-refractivity contribution is 6.08. The molecule has 1 saturated heterocycles. The van der Waals surface area contributed by atoms with Gasteiger partial charge in [-0.1, -0.05) is 0 Å². The number of fused-ring (bicyclic) bond motifs is 1. The number of amides is 1. The van der Waals surface area contributed by atoms with Crippen LogP contribution in [-0.2, 0) is 0 Å². The zero-order valence-corrected chi connectivity index (χ0v) is 17.1. The zero-order chi connectivity index (χ0) is 21.1. The number of piperidine rings is 1. The van der Waals surface area contributed by atoms with E-state index in [0.717, 1.165) is 19.3 Å². The fourth-order valence-electron chi connectivity index (χ4n) is 3.77. The maximum Gasteiger partial charge on any atom is 0.257 e. The molecule has 0 atom stereocenters. The summed E-state index contributed by atoms with van der Waals surface area (Å²) in [6, 6.07) is 9.71. The maximum atomic E-state index is 14.1. The lowest BCUT2D eigenvalue weighted by Gasteiger charge is -2.28. The van der Waals surface area contributed by atoms with Gasteiger partial charge in [-0.15, -0.1) is 0 Å². The highest BCUT2D eigenvalue weighted by Crippen LogP contribution is 2.36. The van der Waals surface area contributed by atoms with Gasteiger partial charge in [0.15, 0.2) is 0 Å². The summed E-state index contributed by atoms with van der Waals surface area (Å²) < 4.78 is 24.8. The molecule has 1 fully saturated rings. The van der Waals surface area contributed by atoms with Crippen molar-refractivity contribution in [2.24, 2.45) is 0 Å². The van der Waals surface area contributed by atoms with Gasteiger partial charge in [-0.2, -0.15) is 0 Å². The fraction of sp³-hybridized carbons (Fsp3) is 0.304. The lowest BCUT2D eigenvalue weighted by molar-refractivity contribution is 0.0725. The Hall–Kier alpha value is -3.35. The molecule has 1 aliphatic heterocycles. The minimum absolute atomic E-state index is 0.108. The van der Waals surface area contributed by atoms with Crippen LogP contribution in [0.25, 0.3) is 10.9 Å². The van der Waals surface area contributed by atoms with Gasteiger partial charge in [-0.05, 0) is 49.6 Å². The molecule has 6 nitrogen and oxygen atoms in total. The van der Waals surface area contributed by atoms with Crippen LogP contribution in [0.1, 0.15) is 29.6 Å². The molecule has 0 unspecified atom stereocenters. The smallest absolute Gasteiger partial charge is 0.257 e. The van der Waals surface area contributed by atoms with E-state index in [2.05, 4.69) is 10.3 Å². The summed E-state index contributed by atoms with van der Waals surface area (Å²) in [5, 5.41) is 3.84. The first-order chi connectivity index (χ1) is 14.6. The monoisotopic (exact) mass is 409 g/mol. The highest BCUT2D eigenvalue weighted by atomic mass is 19.1. The number of methoxy groups -OCH3 is 2. The Balaban J connectivity index is 1.83. The molecule has 7 heteroatoms. The van der Waals surface area contributed by atoms with Gasteiger partial charge in [0, 0.05) is 30.7 Å². The molecule has 4 rings (SSSR count). The second kappa shape index (κ2) is 8.57. The van der Waals surface area contributed by atoms with Crippen molar-refractivity contribution >= 4 is 28.2 Å². The summed E-state index contributed by atoms with van der Waals surface area (Å²) in [4.78, 5) is 19.5. The maximum absolute atomic E-state index is 14.1. The normalized spacial score (nSPS) is 13.9. The van der Waals surface area contributed by atoms with E-state index in [1.165, 1.54) is 12.1 Å². The van der Waals surface area contributed by atoms with Crippen LogP contribution in [0.4, 0.5) is 15.8 Å². The number of rotatable bonds is 5. The van der Waals surface area contributed by atoms with E-state index in [4.69, 9.17) is 9.47 Å². The van der Waals surface area contributed by atoms with Gasteiger partial charge in [-0.3, -0.25) is 9.78 Å². The Morgan fingerprint density at radius 2 is 1.87 bits per heavy atom. The number of hydrogen-bond donors (Lipinski definition) is 1. The SMILES string of the molecule is COc1ccc(Nc2c(C(=O)N3CCCCC3)cnc3ccc(F)cc23)c(OC)c1. The Kier molecular flexibility index (Phi) is 5.70. The van der Waals surface area contributed by atoms with Gasteiger partial charge in [0.2, 0.25) is 0 Å². The number of carbonyl (C=O) groups excluding carboxylic acids is 1. The second-order valence-electron chi connectivity index (χ2n) is 7.25. The third-order valence-electron chi connectivity index (χ3n) is 5.37. The Morgan fingerprint density at radius 3 is 2.60 bits per heavy atom. The molecule has 0 aliphatic carbocycles. The first-order valence-corrected chi connectivity index (χ1v) is 9.97. The first kappa shape index (κ1) is 19.9. The molecule has 156 valence electrons. The van der Waals surface area contributed by atoms with Crippen molar-refractivity contribution in [1.29, 1.82) is 0 Å². The summed E-state index contributed by atoms with van der Waals surface area (Å²) in [6.07, 6.45) is 4.65. The molecule has 0 saturated carbocycles. The van der Waals surface area contributed by atoms with E-state index in [1.807, 2.05) is 4.90 Å². The first-order valence-electron chi connectivity index (χ1n) is 9.97. The van der Waals surface area contributed by atoms with Gasteiger partial charge in [0.25, 0.3) is 5.91 Å². The number of benzene rings is 2. The molecule has 1 amide bonds. The number of halogens is 1. The van der Waals surface area contributed by atoms with Crippen molar-refractivity contribution < 1.29 is 18.7 Å². The average Bonchev–Trinajstić information content (AvgIpc) is 2.79. The largest absolute Gasteiger partial charge is 0.497 e. The Bertz CT molecular complexity index is 1080. The number of hydrogen-bond acceptors (Lipinski definition) is 5. The van der Waals surface area contributed by atoms with E-state index in [9.17, 15) is 9.18 Å². The van der Waals surface area contributed by atoms with Crippen LogP contribution in [0, 0.1) is 5.82 Å². The lowest BCUT2D eigenvalue weighted by Crippen LogP contribution is -2.36. The van der Waals surface area contributed by atoms with E-state index in [-0.39, 0.29) is 5.91 Å². The molecular weight excluding hydrogens is 385 g/mol. The fourth-order valence-corrected chi connectivity index (χ4v) is 3.77. The topological polar surface area (TPSA) is 63.7 Å². The van der Waals surface area contributed by atoms with Gasteiger partial charge in [0.05, 0.1) is 36.7 Å². The molecule has 30 heavy (non-hydrogen) atoms. The van der Waals surface area contributed by atoms with Crippen molar-refractivity contribution in [2.75, 3.05) is 32.6 Å². The second-order valence-corrected chi connectivity index (χ2v) is 7.25. The summed E-state index contributed by atoms with van der Waals surface area (Å²) in [7, 11) is 3.14. The van der Waals surface area contributed by atoms with Crippen molar-refractivity contribution in [1.82, 2.24) is 9.88 Å². The van der Waals surface area contributed by atoms with Crippen LogP contribution in [0.15, 0.2) is 42.6 Å². The standard InChI is InChI=1S/C23H24FN3O3/c1-29-16-7-9-20(21(13-16)30-2)26-22-17-12-15(24)6-8-19(17)25-14-18(22)23(28)27-10-4-3-5-11-27/h6-9,12-14H,3-5,10-11H2,1-2H3,(H,25,26). The summed E-state index contributed by atoms with van der Waals surface area (Å²) >= 11 is 0. The van der Waals surface area contributed by atoms with Crippen molar-refractivity contribution in [2.45, 2.75) is 19.3 Å². The van der Waals surface area contributed by atoms with Crippen LogP contribution in [0.2, 0.25) is 0 Å². The predicted molar refractivity (Wildman–Crippen MR) is 114 cm³/mol. The van der Waals surface area contributed by atoms with Crippen LogP contribution in [0.5, 0.6) is 11.5 Å². The molecular formula is C23H24FN3O3. The summed E-state index contributed by atoms with van der Waals surface area (Å²) in [5.41, 5.74) is 2.16. The molecule has 2 heterocycles. The third kappa shape index (κ3) is 3.87. The summed E-state index contributed by atoms with van der Waals surface area (Å²) in [6.45, 7) is 1.43. The molecule has 3 aromatic rings. The highest BCUT2D eigenvalue weighted by Gasteiger charge is 2.23. The van der Waals surface area contributed by atoms with E-state index in [1.54, 1.807) is 44.7 Å². The number of nitrogens with one attached hydrogen (secondary N) is 1. The number of pyridine rings is 1. The zero-order valence-electron chi connectivity index (χ0n) is 17.1. The van der Waals surface area contributed by atoms with Gasteiger partial charge >= 0.3 is 0 Å². The Morgan fingerprint density at radius 1 is 1.07 bits per heavy atom. The molecule has 1 aromatic heterocycles. The predicted octanol–water partition coefficient (Wildman–Crippen LogP) is 4.76. The van der Waals surface area contributed by atoms with Gasteiger partial charge < -0.3 is 19.7 Å². The quantitative estimate of drug-likeness (QED) is 0.658. The number of nitrogens with zero attached hydrogens (tertiary/aromatic N) is 2. The Labute approximate surface area is 174 Å².